The molecule has 2 amide bonds. The van der Waals surface area contributed by atoms with Crippen LogP contribution in [0.2, 0.25) is 0 Å². The molecule has 0 aliphatic rings. The normalized spacial score (nSPS) is 11.8. The Hall–Kier alpha value is -1.80. The minimum Gasteiger partial charge on any atom is -0.459 e. The largest absolute Gasteiger partial charge is 0.471 e. The maximum Gasteiger partial charge on any atom is 0.471 e. The zero-order valence-corrected chi connectivity index (χ0v) is 12.6. The first-order chi connectivity index (χ1) is 9.24. The fourth-order valence-corrected chi connectivity index (χ4v) is 1.27. The molecule has 122 valence electrons. The third-order valence-corrected chi connectivity index (χ3v) is 2.17. The van der Waals surface area contributed by atoms with E-state index in [1.165, 1.54) is 7.05 Å². The first-order valence-corrected chi connectivity index (χ1v) is 6.02. The third kappa shape index (κ3) is 7.52. The first-order valence-electron chi connectivity index (χ1n) is 6.02. The van der Waals surface area contributed by atoms with Crippen LogP contribution in [0.3, 0.4) is 0 Å². The van der Waals surface area contributed by atoms with Crippen molar-refractivity contribution in [3.8, 4) is 0 Å². The first kappa shape index (κ1) is 19.2. The number of esters is 1. The van der Waals surface area contributed by atoms with Gasteiger partial charge in [-0.3, -0.25) is 14.4 Å². The van der Waals surface area contributed by atoms with Gasteiger partial charge in [-0.25, -0.2) is 0 Å². The highest BCUT2D eigenvalue weighted by Gasteiger charge is 2.41. The molecule has 0 aliphatic carbocycles. The smallest absolute Gasteiger partial charge is 0.459 e. The molecule has 0 rings (SSSR count). The molecule has 0 spiro atoms. The minimum atomic E-state index is -5.04. The van der Waals surface area contributed by atoms with Crippen molar-refractivity contribution in [3.63, 3.8) is 0 Å². The number of carbonyl (C=O) groups excluding carboxylic acids is 3. The van der Waals surface area contributed by atoms with Gasteiger partial charge in [-0.2, -0.15) is 13.2 Å². The van der Waals surface area contributed by atoms with Crippen molar-refractivity contribution >= 4 is 17.8 Å². The standard InChI is InChI=1S/C12H19F3N2O4/c1-11(2,3)21-9(19)7-16(4)8(18)6-17(5)10(20)12(13,14)15/h6-7H2,1-5H3. The van der Waals surface area contributed by atoms with E-state index in [-0.39, 0.29) is 4.90 Å². The molecule has 0 unspecified atom stereocenters. The van der Waals surface area contributed by atoms with Crippen LogP contribution in [0.4, 0.5) is 13.2 Å². The molecule has 21 heavy (non-hydrogen) atoms. The topological polar surface area (TPSA) is 66.9 Å². The van der Waals surface area contributed by atoms with E-state index in [9.17, 15) is 27.6 Å². The fourth-order valence-electron chi connectivity index (χ4n) is 1.27. The average molecular weight is 312 g/mol. The Labute approximate surface area is 120 Å². The number of likely N-dealkylation sites (N-methyl/N-ethyl adjacent to an activating group) is 2. The molecule has 0 heterocycles. The number of rotatable bonds is 4. The molecular weight excluding hydrogens is 293 g/mol. The Bertz CT molecular complexity index is 416. The molecule has 0 aromatic heterocycles. The van der Waals surface area contributed by atoms with Gasteiger partial charge in [0.05, 0.1) is 6.54 Å². The van der Waals surface area contributed by atoms with Crippen LogP contribution in [0.25, 0.3) is 0 Å². The van der Waals surface area contributed by atoms with Crippen LogP contribution in [0.15, 0.2) is 0 Å². The molecule has 0 aliphatic heterocycles. The van der Waals surface area contributed by atoms with Crippen LogP contribution in [0.1, 0.15) is 20.8 Å². The molecule has 0 aromatic carbocycles. The highest BCUT2D eigenvalue weighted by atomic mass is 19.4. The number of alkyl halides is 3. The predicted octanol–water partition coefficient (Wildman–Crippen LogP) is 0.807. The number of nitrogens with zero attached hydrogens (tertiary/aromatic N) is 2. The Morgan fingerprint density at radius 3 is 1.81 bits per heavy atom. The van der Waals surface area contributed by atoms with Crippen molar-refractivity contribution in [1.29, 1.82) is 0 Å². The molecule has 0 radical (unpaired) electrons. The molecule has 9 heteroatoms. The fraction of sp³-hybridized carbons (Fsp3) is 0.750. The van der Waals surface area contributed by atoms with Gasteiger partial charge in [0.25, 0.3) is 0 Å². The average Bonchev–Trinajstić information content (AvgIpc) is 2.23. The zero-order valence-electron chi connectivity index (χ0n) is 12.6. The Balaban J connectivity index is 4.47. The zero-order chi connectivity index (χ0) is 17.0. The lowest BCUT2D eigenvalue weighted by molar-refractivity contribution is -0.184. The van der Waals surface area contributed by atoms with E-state index >= 15 is 0 Å². The number of hydrogen-bond acceptors (Lipinski definition) is 4. The van der Waals surface area contributed by atoms with Gasteiger partial charge in [0.2, 0.25) is 5.91 Å². The maximum atomic E-state index is 12.2. The number of carbonyl (C=O) groups is 3. The monoisotopic (exact) mass is 312 g/mol. The van der Waals surface area contributed by atoms with E-state index in [4.69, 9.17) is 4.74 Å². The summed E-state index contributed by atoms with van der Waals surface area (Å²) < 4.78 is 41.4. The van der Waals surface area contributed by atoms with Crippen molar-refractivity contribution in [1.82, 2.24) is 9.80 Å². The van der Waals surface area contributed by atoms with E-state index in [0.29, 0.717) is 0 Å². The van der Waals surface area contributed by atoms with E-state index in [1.54, 1.807) is 20.8 Å². The van der Waals surface area contributed by atoms with Crippen LogP contribution >= 0.6 is 0 Å². The van der Waals surface area contributed by atoms with Crippen molar-refractivity contribution in [2.45, 2.75) is 32.5 Å². The molecule has 0 saturated heterocycles. The summed E-state index contributed by atoms with van der Waals surface area (Å²) in [5, 5.41) is 0. The second-order valence-corrected chi connectivity index (χ2v) is 5.50. The molecule has 6 nitrogen and oxygen atoms in total. The second kappa shape index (κ2) is 6.77. The summed E-state index contributed by atoms with van der Waals surface area (Å²) in [6.07, 6.45) is -5.04. The molecule has 0 N–H and O–H groups in total. The van der Waals surface area contributed by atoms with Gasteiger partial charge in [0, 0.05) is 14.1 Å². The van der Waals surface area contributed by atoms with Gasteiger partial charge in [-0.05, 0) is 20.8 Å². The highest BCUT2D eigenvalue weighted by Crippen LogP contribution is 2.17. The molecule has 0 fully saturated rings. The number of halogens is 3. The summed E-state index contributed by atoms with van der Waals surface area (Å²) in [6.45, 7) is 3.73. The molecule has 0 bridgehead atoms. The lowest BCUT2D eigenvalue weighted by Crippen LogP contribution is -2.46. The summed E-state index contributed by atoms with van der Waals surface area (Å²) in [5.41, 5.74) is -0.732. The number of ether oxygens (including phenoxy) is 1. The molecule has 0 aromatic rings. The van der Waals surface area contributed by atoms with E-state index in [2.05, 4.69) is 0 Å². The highest BCUT2D eigenvalue weighted by molar-refractivity contribution is 5.88. The van der Waals surface area contributed by atoms with E-state index < -0.39 is 42.7 Å². The van der Waals surface area contributed by atoms with Gasteiger partial charge in [-0.15, -0.1) is 0 Å². The van der Waals surface area contributed by atoms with Gasteiger partial charge in [-0.1, -0.05) is 0 Å². The number of amides is 2. The van der Waals surface area contributed by atoms with E-state index in [1.807, 2.05) is 0 Å². The van der Waals surface area contributed by atoms with E-state index in [0.717, 1.165) is 11.9 Å². The van der Waals surface area contributed by atoms with Gasteiger partial charge in [0.15, 0.2) is 0 Å². The van der Waals surface area contributed by atoms with Crippen LogP contribution in [0.5, 0.6) is 0 Å². The van der Waals surface area contributed by atoms with Crippen LogP contribution in [0, 0.1) is 0 Å². The Morgan fingerprint density at radius 1 is 0.952 bits per heavy atom. The predicted molar refractivity (Wildman–Crippen MR) is 67.2 cm³/mol. The molecular formula is C12H19F3N2O4. The second-order valence-electron chi connectivity index (χ2n) is 5.50. The van der Waals surface area contributed by atoms with Crippen molar-refractivity contribution in [2.75, 3.05) is 27.2 Å². The van der Waals surface area contributed by atoms with Gasteiger partial charge >= 0.3 is 18.1 Å². The lowest BCUT2D eigenvalue weighted by Gasteiger charge is -2.24. The Kier molecular flexibility index (Phi) is 6.19. The summed E-state index contributed by atoms with van der Waals surface area (Å²) in [5.74, 6) is -3.62. The SMILES string of the molecule is CN(CC(=O)OC(C)(C)C)C(=O)CN(C)C(=O)C(F)(F)F. The summed E-state index contributed by atoms with van der Waals surface area (Å²) in [4.78, 5) is 35.1. The quantitative estimate of drug-likeness (QED) is 0.721. The van der Waals surface area contributed by atoms with Crippen molar-refractivity contribution in [3.05, 3.63) is 0 Å². The summed E-state index contributed by atoms with van der Waals surface area (Å²) in [7, 11) is 2.09. The summed E-state index contributed by atoms with van der Waals surface area (Å²) in [6, 6.07) is 0. The molecule has 0 atom stereocenters. The van der Waals surface area contributed by atoms with Gasteiger partial charge < -0.3 is 14.5 Å². The third-order valence-electron chi connectivity index (χ3n) is 2.17. The van der Waals surface area contributed by atoms with Crippen molar-refractivity contribution in [2.24, 2.45) is 0 Å². The number of hydrogen-bond donors (Lipinski definition) is 0. The molecule has 0 saturated carbocycles. The van der Waals surface area contributed by atoms with Crippen LogP contribution in [-0.2, 0) is 19.1 Å². The minimum absolute atomic E-state index is 0.244. The van der Waals surface area contributed by atoms with Crippen LogP contribution < -0.4 is 0 Å². The van der Waals surface area contributed by atoms with Crippen molar-refractivity contribution < 1.29 is 32.3 Å². The summed E-state index contributed by atoms with van der Waals surface area (Å²) >= 11 is 0. The Morgan fingerprint density at radius 2 is 1.43 bits per heavy atom. The van der Waals surface area contributed by atoms with Gasteiger partial charge in [0.1, 0.15) is 12.1 Å². The lowest BCUT2D eigenvalue weighted by atomic mass is 10.2. The maximum absolute atomic E-state index is 12.2. The van der Waals surface area contributed by atoms with Crippen LogP contribution in [-0.4, -0.2) is 66.5 Å².